The van der Waals surface area contributed by atoms with Crippen LogP contribution in [0.4, 0.5) is 5.69 Å². The average Bonchev–Trinajstić information content (AvgIpc) is 2.46. The van der Waals surface area contributed by atoms with Crippen molar-refractivity contribution in [3.8, 4) is 5.69 Å². The number of nitro groups is 1. The summed E-state index contributed by atoms with van der Waals surface area (Å²) in [6, 6.07) is 7.07. The molecule has 1 aromatic heterocycles. The molecular formula is C15H16N4O4. The summed E-state index contributed by atoms with van der Waals surface area (Å²) >= 11 is 0. The largest absolute Gasteiger partial charge is 0.348 e. The molecule has 8 heteroatoms. The van der Waals surface area contributed by atoms with Crippen LogP contribution in [0.5, 0.6) is 0 Å². The number of hydrogen-bond donors (Lipinski definition) is 1. The van der Waals surface area contributed by atoms with Crippen LogP contribution in [0.15, 0.2) is 35.1 Å². The highest BCUT2D eigenvalue weighted by molar-refractivity contribution is 5.92. The third-order valence-corrected chi connectivity index (χ3v) is 3.05. The zero-order valence-electron chi connectivity index (χ0n) is 12.9. The SMILES string of the molecule is Cc1cc(=O)c(C(=O)NC(C)C)nn1-c1ccccc1[N+](=O)[O-]. The highest BCUT2D eigenvalue weighted by Gasteiger charge is 2.20. The van der Waals surface area contributed by atoms with Crippen LogP contribution in [-0.4, -0.2) is 26.7 Å². The Hall–Kier alpha value is -3.03. The lowest BCUT2D eigenvalue weighted by molar-refractivity contribution is -0.384. The molecule has 0 radical (unpaired) electrons. The highest BCUT2D eigenvalue weighted by atomic mass is 16.6. The van der Waals surface area contributed by atoms with E-state index in [-0.39, 0.29) is 23.1 Å². The molecule has 0 aliphatic carbocycles. The molecule has 1 amide bonds. The van der Waals surface area contributed by atoms with Gasteiger partial charge in [-0.1, -0.05) is 12.1 Å². The number of nitrogens with one attached hydrogen (secondary N) is 1. The quantitative estimate of drug-likeness (QED) is 0.681. The van der Waals surface area contributed by atoms with E-state index in [9.17, 15) is 19.7 Å². The van der Waals surface area contributed by atoms with Crippen LogP contribution in [-0.2, 0) is 0 Å². The van der Waals surface area contributed by atoms with Gasteiger partial charge in [-0.25, -0.2) is 4.68 Å². The van der Waals surface area contributed by atoms with E-state index in [4.69, 9.17) is 0 Å². The summed E-state index contributed by atoms with van der Waals surface area (Å²) in [5.41, 5.74) is -0.418. The molecule has 8 nitrogen and oxygen atoms in total. The Morgan fingerprint density at radius 1 is 1.35 bits per heavy atom. The van der Waals surface area contributed by atoms with Gasteiger partial charge >= 0.3 is 0 Å². The number of carbonyl (C=O) groups is 1. The number of para-hydroxylation sites is 2. The van der Waals surface area contributed by atoms with Gasteiger partial charge in [0.2, 0.25) is 5.43 Å². The van der Waals surface area contributed by atoms with E-state index in [0.717, 1.165) is 0 Å². The van der Waals surface area contributed by atoms with Gasteiger partial charge in [-0.05, 0) is 26.8 Å². The number of hydrogen-bond acceptors (Lipinski definition) is 5. The fourth-order valence-corrected chi connectivity index (χ4v) is 2.08. The second kappa shape index (κ2) is 6.39. The van der Waals surface area contributed by atoms with Crippen molar-refractivity contribution < 1.29 is 9.72 Å². The fraction of sp³-hybridized carbons (Fsp3) is 0.267. The Bertz CT molecular complexity index is 826. The molecule has 0 saturated carbocycles. The van der Waals surface area contributed by atoms with Crippen LogP contribution in [0, 0.1) is 17.0 Å². The van der Waals surface area contributed by atoms with Crippen molar-refractivity contribution in [2.24, 2.45) is 0 Å². The van der Waals surface area contributed by atoms with Gasteiger partial charge in [0, 0.05) is 23.9 Å². The smallest absolute Gasteiger partial charge is 0.294 e. The third-order valence-electron chi connectivity index (χ3n) is 3.05. The predicted molar refractivity (Wildman–Crippen MR) is 83.8 cm³/mol. The normalized spacial score (nSPS) is 10.6. The van der Waals surface area contributed by atoms with Crippen molar-refractivity contribution in [2.75, 3.05) is 0 Å². The van der Waals surface area contributed by atoms with Crippen LogP contribution >= 0.6 is 0 Å². The van der Waals surface area contributed by atoms with Crippen molar-refractivity contribution in [1.29, 1.82) is 0 Å². The van der Waals surface area contributed by atoms with Gasteiger partial charge in [0.1, 0.15) is 5.69 Å². The van der Waals surface area contributed by atoms with Gasteiger partial charge < -0.3 is 5.32 Å². The van der Waals surface area contributed by atoms with E-state index in [2.05, 4.69) is 10.4 Å². The van der Waals surface area contributed by atoms with Crippen molar-refractivity contribution in [1.82, 2.24) is 15.1 Å². The molecule has 0 fully saturated rings. The number of amides is 1. The maximum absolute atomic E-state index is 12.1. The molecule has 0 atom stereocenters. The van der Waals surface area contributed by atoms with E-state index in [1.807, 2.05) is 0 Å². The molecule has 0 spiro atoms. The molecule has 0 saturated heterocycles. The first-order chi connectivity index (χ1) is 10.8. The highest BCUT2D eigenvalue weighted by Crippen LogP contribution is 2.22. The van der Waals surface area contributed by atoms with Gasteiger partial charge in [0.15, 0.2) is 5.69 Å². The van der Waals surface area contributed by atoms with Gasteiger partial charge in [-0.15, -0.1) is 0 Å². The van der Waals surface area contributed by atoms with E-state index in [0.29, 0.717) is 5.69 Å². The molecule has 0 bridgehead atoms. The maximum atomic E-state index is 12.1. The first kappa shape index (κ1) is 16.3. The van der Waals surface area contributed by atoms with Gasteiger partial charge in [-0.3, -0.25) is 19.7 Å². The van der Waals surface area contributed by atoms with Gasteiger partial charge in [0.25, 0.3) is 11.6 Å². The molecule has 1 heterocycles. The van der Waals surface area contributed by atoms with Crippen LogP contribution < -0.4 is 10.7 Å². The minimum Gasteiger partial charge on any atom is -0.348 e. The first-order valence-electron chi connectivity index (χ1n) is 6.97. The lowest BCUT2D eigenvalue weighted by Crippen LogP contribution is -2.35. The molecular weight excluding hydrogens is 300 g/mol. The number of rotatable bonds is 4. The number of nitro benzene ring substituents is 1. The van der Waals surface area contributed by atoms with Crippen molar-refractivity contribution in [3.63, 3.8) is 0 Å². The molecule has 0 unspecified atom stereocenters. The number of benzene rings is 1. The minimum atomic E-state index is -0.614. The third kappa shape index (κ3) is 3.42. The zero-order chi connectivity index (χ0) is 17.1. The molecule has 120 valence electrons. The average molecular weight is 316 g/mol. The Balaban J connectivity index is 2.63. The Kier molecular flexibility index (Phi) is 4.54. The molecule has 23 heavy (non-hydrogen) atoms. The number of nitrogens with zero attached hydrogens (tertiary/aromatic N) is 3. The van der Waals surface area contributed by atoms with E-state index < -0.39 is 16.3 Å². The monoisotopic (exact) mass is 316 g/mol. The van der Waals surface area contributed by atoms with Crippen molar-refractivity contribution >= 4 is 11.6 Å². The van der Waals surface area contributed by atoms with E-state index in [1.165, 1.54) is 28.9 Å². The molecule has 2 aromatic rings. The number of carbonyl (C=O) groups excluding carboxylic acids is 1. The fourth-order valence-electron chi connectivity index (χ4n) is 2.08. The Labute approximate surface area is 131 Å². The first-order valence-corrected chi connectivity index (χ1v) is 6.97. The maximum Gasteiger partial charge on any atom is 0.294 e. The Morgan fingerprint density at radius 2 is 2.00 bits per heavy atom. The summed E-state index contributed by atoms with van der Waals surface area (Å²) in [5, 5.41) is 17.8. The van der Waals surface area contributed by atoms with E-state index >= 15 is 0 Å². The predicted octanol–water partition coefficient (Wildman–Crippen LogP) is 1.59. The number of aromatic nitrogens is 2. The lowest BCUT2D eigenvalue weighted by Gasteiger charge is -2.12. The summed E-state index contributed by atoms with van der Waals surface area (Å²) in [6.45, 7) is 5.11. The second-order valence-corrected chi connectivity index (χ2v) is 5.28. The van der Waals surface area contributed by atoms with Crippen molar-refractivity contribution in [3.05, 3.63) is 62.1 Å². The topological polar surface area (TPSA) is 107 Å². The van der Waals surface area contributed by atoms with Crippen LogP contribution in [0.25, 0.3) is 5.69 Å². The summed E-state index contributed by atoms with van der Waals surface area (Å²) in [7, 11) is 0. The minimum absolute atomic E-state index is 0.162. The second-order valence-electron chi connectivity index (χ2n) is 5.28. The van der Waals surface area contributed by atoms with E-state index in [1.54, 1.807) is 26.8 Å². The van der Waals surface area contributed by atoms with Crippen LogP contribution in [0.1, 0.15) is 30.0 Å². The standard InChI is InChI=1S/C15H16N4O4/c1-9(2)16-15(21)14-13(20)8-10(3)18(17-14)11-6-4-5-7-12(11)19(22)23/h4-9H,1-3H3,(H,16,21). The summed E-state index contributed by atoms with van der Waals surface area (Å²) in [6.07, 6.45) is 0. The van der Waals surface area contributed by atoms with Crippen molar-refractivity contribution in [2.45, 2.75) is 26.8 Å². The molecule has 1 N–H and O–H groups in total. The van der Waals surface area contributed by atoms with Crippen LogP contribution in [0.3, 0.4) is 0 Å². The summed E-state index contributed by atoms with van der Waals surface area (Å²) < 4.78 is 1.23. The molecule has 1 aromatic carbocycles. The molecule has 0 aliphatic rings. The zero-order valence-corrected chi connectivity index (χ0v) is 12.9. The van der Waals surface area contributed by atoms with Crippen LogP contribution in [0.2, 0.25) is 0 Å². The molecule has 0 aliphatic heterocycles. The Morgan fingerprint density at radius 3 is 2.61 bits per heavy atom. The number of aryl methyl sites for hydroxylation is 1. The lowest BCUT2D eigenvalue weighted by atomic mass is 10.2. The molecule has 2 rings (SSSR count). The van der Waals surface area contributed by atoms with Gasteiger partial charge in [0.05, 0.1) is 4.92 Å². The summed E-state index contributed by atoms with van der Waals surface area (Å²) in [4.78, 5) is 34.7. The summed E-state index contributed by atoms with van der Waals surface area (Å²) in [5.74, 6) is -0.614. The van der Waals surface area contributed by atoms with Gasteiger partial charge in [-0.2, -0.15) is 5.10 Å².